The van der Waals surface area contributed by atoms with Crippen LogP contribution in [0.15, 0.2) is 21.3 Å². The molecular weight excluding hydrogens is 253 g/mol. The lowest BCUT2D eigenvalue weighted by molar-refractivity contribution is -0.139. The predicted octanol–water partition coefficient (Wildman–Crippen LogP) is 2.03. The van der Waals surface area contributed by atoms with Crippen molar-refractivity contribution >= 4 is 16.8 Å². The van der Waals surface area contributed by atoms with Gasteiger partial charge in [0.2, 0.25) is 0 Å². The van der Waals surface area contributed by atoms with E-state index in [1.807, 2.05) is 0 Å². The first-order chi connectivity index (χ1) is 8.35. The monoisotopic (exact) mass is 262 g/mol. The highest BCUT2D eigenvalue weighted by Gasteiger charge is 2.27. The number of ether oxygens (including phenoxy) is 1. The summed E-state index contributed by atoms with van der Waals surface area (Å²) in [4.78, 5) is 13.3. The second-order valence-electron chi connectivity index (χ2n) is 3.61. The number of alkyl halides is 3. The van der Waals surface area contributed by atoms with Crippen LogP contribution in [0.1, 0.15) is 6.42 Å². The maximum atomic E-state index is 11.9. The summed E-state index contributed by atoms with van der Waals surface area (Å²) in [6.45, 7) is -0.540. The molecule has 3 N–H and O–H groups in total. The molecular formula is C10H9F3N2O3. The molecule has 0 saturated heterocycles. The van der Waals surface area contributed by atoms with E-state index < -0.39 is 25.0 Å². The molecule has 0 bridgehead atoms. The Hall–Kier alpha value is -2.12. The van der Waals surface area contributed by atoms with Crippen molar-refractivity contribution in [1.29, 1.82) is 0 Å². The van der Waals surface area contributed by atoms with Crippen molar-refractivity contribution in [3.8, 4) is 5.75 Å². The van der Waals surface area contributed by atoms with Crippen LogP contribution < -0.4 is 16.2 Å². The van der Waals surface area contributed by atoms with Crippen molar-refractivity contribution < 1.29 is 22.3 Å². The Balaban J connectivity index is 2.17. The number of rotatable bonds is 3. The van der Waals surface area contributed by atoms with Crippen LogP contribution in [0.3, 0.4) is 0 Å². The third-order valence-electron chi connectivity index (χ3n) is 2.19. The van der Waals surface area contributed by atoms with Gasteiger partial charge < -0.3 is 14.9 Å². The number of fused-ring (bicyclic) bond motifs is 1. The third kappa shape index (κ3) is 2.76. The maximum Gasteiger partial charge on any atom is 0.417 e. The van der Waals surface area contributed by atoms with Crippen LogP contribution >= 0.6 is 0 Å². The summed E-state index contributed by atoms with van der Waals surface area (Å²) in [5, 5.41) is 0. The van der Waals surface area contributed by atoms with Crippen LogP contribution in [0.4, 0.5) is 18.9 Å². The van der Waals surface area contributed by atoms with E-state index in [0.717, 1.165) is 0 Å². The van der Waals surface area contributed by atoms with E-state index in [0.29, 0.717) is 5.52 Å². The fourth-order valence-corrected chi connectivity index (χ4v) is 1.39. The topological polar surface area (TPSA) is 81.2 Å². The maximum absolute atomic E-state index is 11.9. The number of nitrogens with two attached hydrogens (primary N) is 1. The minimum absolute atomic E-state index is 0.0730. The molecule has 0 aliphatic heterocycles. The van der Waals surface area contributed by atoms with Crippen LogP contribution in [-0.2, 0) is 0 Å². The summed E-state index contributed by atoms with van der Waals surface area (Å²) in [6, 6.07) is 2.64. The number of oxazole rings is 1. The lowest BCUT2D eigenvalue weighted by atomic mass is 10.2. The highest BCUT2D eigenvalue weighted by atomic mass is 19.4. The van der Waals surface area contributed by atoms with Gasteiger partial charge in [0.05, 0.1) is 24.2 Å². The second kappa shape index (κ2) is 4.28. The van der Waals surface area contributed by atoms with E-state index in [2.05, 4.69) is 4.98 Å². The molecule has 0 atom stereocenters. The van der Waals surface area contributed by atoms with Gasteiger partial charge in [-0.15, -0.1) is 0 Å². The van der Waals surface area contributed by atoms with Gasteiger partial charge in [0.15, 0.2) is 5.58 Å². The molecule has 0 fully saturated rings. The number of aromatic nitrogens is 1. The number of nitrogens with one attached hydrogen (secondary N) is 1. The number of hydrogen-bond donors (Lipinski definition) is 2. The van der Waals surface area contributed by atoms with Crippen LogP contribution in [0, 0.1) is 0 Å². The standard InChI is InChI=1S/C10H9F3N2O3/c11-10(12,13)1-2-17-7-4-6-8(3-5(7)14)18-9(16)15-6/h3-4H,1-2,14H2,(H,15,16). The number of H-pyrrole nitrogens is 1. The Bertz CT molecular complexity index is 615. The van der Waals surface area contributed by atoms with Gasteiger partial charge in [-0.1, -0.05) is 0 Å². The van der Waals surface area contributed by atoms with Crippen molar-refractivity contribution in [3.05, 3.63) is 22.7 Å². The van der Waals surface area contributed by atoms with Gasteiger partial charge in [0, 0.05) is 12.1 Å². The van der Waals surface area contributed by atoms with Gasteiger partial charge in [-0.25, -0.2) is 4.79 Å². The van der Waals surface area contributed by atoms with Crippen molar-refractivity contribution in [2.45, 2.75) is 12.6 Å². The number of nitrogen functional groups attached to an aromatic ring is 1. The molecule has 0 saturated carbocycles. The Morgan fingerprint density at radius 2 is 2.11 bits per heavy atom. The highest BCUT2D eigenvalue weighted by molar-refractivity contribution is 5.80. The normalized spacial score (nSPS) is 11.9. The minimum atomic E-state index is -4.29. The van der Waals surface area contributed by atoms with Gasteiger partial charge in [-0.05, 0) is 0 Å². The van der Waals surface area contributed by atoms with Crippen molar-refractivity contribution in [1.82, 2.24) is 4.98 Å². The largest absolute Gasteiger partial charge is 0.491 e. The van der Waals surface area contributed by atoms with Crippen LogP contribution in [-0.4, -0.2) is 17.8 Å². The molecule has 2 aromatic rings. The molecule has 1 aromatic heterocycles. The molecule has 1 heterocycles. The molecule has 98 valence electrons. The van der Waals surface area contributed by atoms with E-state index in [1.165, 1.54) is 12.1 Å². The van der Waals surface area contributed by atoms with Crippen molar-refractivity contribution in [2.75, 3.05) is 12.3 Å². The molecule has 18 heavy (non-hydrogen) atoms. The number of halogens is 3. The fourth-order valence-electron chi connectivity index (χ4n) is 1.39. The van der Waals surface area contributed by atoms with Gasteiger partial charge in [0.1, 0.15) is 5.75 Å². The molecule has 0 aliphatic carbocycles. The molecule has 5 nitrogen and oxygen atoms in total. The van der Waals surface area contributed by atoms with E-state index in [4.69, 9.17) is 14.9 Å². The van der Waals surface area contributed by atoms with Crippen molar-refractivity contribution in [2.24, 2.45) is 0 Å². The van der Waals surface area contributed by atoms with E-state index >= 15 is 0 Å². The summed E-state index contributed by atoms with van der Waals surface area (Å²) in [7, 11) is 0. The van der Waals surface area contributed by atoms with Crippen LogP contribution in [0.2, 0.25) is 0 Å². The molecule has 0 unspecified atom stereocenters. The average Bonchev–Trinajstić information content (AvgIpc) is 2.55. The summed E-state index contributed by atoms with van der Waals surface area (Å²) in [6.07, 6.45) is -5.37. The summed E-state index contributed by atoms with van der Waals surface area (Å²) in [5.74, 6) is -0.597. The Morgan fingerprint density at radius 1 is 1.39 bits per heavy atom. The van der Waals surface area contributed by atoms with E-state index in [-0.39, 0.29) is 17.0 Å². The molecule has 0 radical (unpaired) electrons. The lowest BCUT2D eigenvalue weighted by Gasteiger charge is -2.10. The molecule has 0 spiro atoms. The summed E-state index contributed by atoms with van der Waals surface area (Å²) >= 11 is 0. The minimum Gasteiger partial charge on any atom is -0.491 e. The second-order valence-corrected chi connectivity index (χ2v) is 3.61. The molecule has 2 rings (SSSR count). The number of anilines is 1. The Morgan fingerprint density at radius 3 is 2.78 bits per heavy atom. The predicted molar refractivity (Wildman–Crippen MR) is 57.4 cm³/mol. The number of hydrogen-bond acceptors (Lipinski definition) is 4. The first-order valence-corrected chi connectivity index (χ1v) is 4.97. The molecule has 8 heteroatoms. The fraction of sp³-hybridized carbons (Fsp3) is 0.300. The quantitative estimate of drug-likeness (QED) is 0.829. The first kappa shape index (κ1) is 12.3. The third-order valence-corrected chi connectivity index (χ3v) is 2.19. The molecule has 0 amide bonds. The molecule has 0 aliphatic rings. The smallest absolute Gasteiger partial charge is 0.417 e. The van der Waals surface area contributed by atoms with E-state index in [9.17, 15) is 18.0 Å². The SMILES string of the molecule is Nc1cc2oc(=O)[nH]c2cc1OCCC(F)(F)F. The van der Waals surface area contributed by atoms with Gasteiger partial charge in [-0.3, -0.25) is 4.98 Å². The van der Waals surface area contributed by atoms with Crippen molar-refractivity contribution in [3.63, 3.8) is 0 Å². The van der Waals surface area contributed by atoms with Crippen LogP contribution in [0.5, 0.6) is 5.75 Å². The van der Waals surface area contributed by atoms with Gasteiger partial charge >= 0.3 is 11.9 Å². The first-order valence-electron chi connectivity index (χ1n) is 4.97. The number of aromatic amines is 1. The summed E-state index contributed by atoms with van der Waals surface area (Å²) < 4.78 is 45.5. The lowest BCUT2D eigenvalue weighted by Crippen LogP contribution is -2.13. The van der Waals surface area contributed by atoms with E-state index in [1.54, 1.807) is 0 Å². The zero-order valence-electron chi connectivity index (χ0n) is 9.00. The zero-order valence-corrected chi connectivity index (χ0v) is 9.00. The van der Waals surface area contributed by atoms with Gasteiger partial charge in [-0.2, -0.15) is 13.2 Å². The van der Waals surface area contributed by atoms with Crippen LogP contribution in [0.25, 0.3) is 11.1 Å². The Labute approximate surface area is 98.3 Å². The molecule has 1 aromatic carbocycles. The van der Waals surface area contributed by atoms with Gasteiger partial charge in [0.25, 0.3) is 0 Å². The highest BCUT2D eigenvalue weighted by Crippen LogP contribution is 2.27. The number of benzene rings is 1. The summed E-state index contributed by atoms with van der Waals surface area (Å²) in [5.41, 5.74) is 6.21. The average molecular weight is 262 g/mol. The Kier molecular flexibility index (Phi) is 2.93. The zero-order chi connectivity index (χ0) is 13.3.